The van der Waals surface area contributed by atoms with E-state index in [4.69, 9.17) is 18.4 Å². The van der Waals surface area contributed by atoms with Crippen molar-refractivity contribution >= 4 is 68.5 Å². The lowest BCUT2D eigenvalue weighted by Crippen LogP contribution is -2.19. The number of esters is 3. The van der Waals surface area contributed by atoms with Gasteiger partial charge in [0.15, 0.2) is 0 Å². The highest BCUT2D eigenvalue weighted by Crippen LogP contribution is 2.44. The predicted octanol–water partition coefficient (Wildman–Crippen LogP) is 26.1. The molecule has 0 aliphatic heterocycles. The Morgan fingerprint density at radius 1 is 0.290 bits per heavy atom. The van der Waals surface area contributed by atoms with Crippen molar-refractivity contribution in [1.82, 2.24) is 0 Å². The fourth-order valence-electron chi connectivity index (χ4n) is 16.5. The van der Waals surface area contributed by atoms with Crippen LogP contribution in [0.1, 0.15) is 438 Å². The Hall–Kier alpha value is -8.44. The van der Waals surface area contributed by atoms with Crippen molar-refractivity contribution < 1.29 is 93.1 Å². The molecule has 0 spiro atoms. The highest BCUT2D eigenvalue weighted by molar-refractivity contribution is 7.87. The van der Waals surface area contributed by atoms with Gasteiger partial charge in [-0.3, -0.25) is 0 Å². The average molecular weight is 1900 g/mol. The lowest BCUT2D eigenvalue weighted by molar-refractivity contribution is 0.0723. The maximum absolute atomic E-state index is 13.2. The molecular weight excluding hydrogens is 1760 g/mol. The molecule has 8 aromatic rings. The van der Waals surface area contributed by atoms with Gasteiger partial charge in [-0.25, -0.2) is 48.1 Å². The molecule has 2 aliphatic rings. The Kier molecular flexibility index (Phi) is 38.3. The molecule has 0 N–H and O–H groups in total. The Morgan fingerprint density at radius 2 is 0.565 bits per heavy atom. The zero-order valence-electron chi connectivity index (χ0n) is 81.5. The summed E-state index contributed by atoms with van der Waals surface area (Å²) in [5.41, 5.74) is 9.34. The maximum Gasteiger partial charge on any atom is 0.343 e. The first-order chi connectivity index (χ1) is 60.5. The van der Waals surface area contributed by atoms with Crippen molar-refractivity contribution in [3.8, 4) is 23.0 Å². The molecule has 0 heterocycles. The van der Waals surface area contributed by atoms with E-state index in [2.05, 4.69) is 68.4 Å². The standard InChI is InChI=1S/C30H44O6S2.C27H38O5S.C25H32O5S.C23H30O5S/c1-22(2)28-20-26(21-29(23(3)4)30(28)37(31,32)33)36-38(34,35)27-18-16-25(17-19-27)24-14-12-10-8-6-5-7-9-11-13-15-24;1-16(2)22-14-21(15-23(17(3)4)24(22)33(29,30)31)32-25(28)18-11-19(26(5,6)7)13-20(12-18)27(8,9)10;1-16(2)21-15-24(31(27,28)29)22(17(3)4)14-23(21)30-25(26)20-12-10-19(11-13-20)18-8-6-5-7-9-18;1-14(2)19-12-18(13-20(15(3)4)21(19)29(25,26)27)28-22(24)16-8-10-17(11-9-16)23(5,6)7/h16-24H,5-15H2,1-4H3,(H,31,32,33);11-17H,1-10H3,(H,29,30,31);10-18H,5-9H2,1-4H3,(H,27,28,29);8-15H,1-7H3,(H,25,26,27)/p-4. The van der Waals surface area contributed by atoms with Crippen LogP contribution in [0, 0.1) is 0 Å². The van der Waals surface area contributed by atoms with Gasteiger partial charge in [-0.05, 0) is 270 Å². The van der Waals surface area contributed by atoms with Gasteiger partial charge in [0.1, 0.15) is 68.4 Å². The van der Waals surface area contributed by atoms with Gasteiger partial charge >= 0.3 is 28.0 Å². The molecule has 26 heteroatoms. The molecule has 8 aromatic carbocycles. The van der Waals surface area contributed by atoms with Gasteiger partial charge in [-0.15, -0.1) is 0 Å². The lowest BCUT2D eigenvalue weighted by Gasteiger charge is -2.26. The molecule has 0 atom stereocenters. The van der Waals surface area contributed by atoms with Crippen LogP contribution in [-0.2, 0) is 66.8 Å². The minimum Gasteiger partial charge on any atom is -0.744 e. The van der Waals surface area contributed by atoms with E-state index in [1.165, 1.54) is 144 Å². The smallest absolute Gasteiger partial charge is 0.343 e. The van der Waals surface area contributed by atoms with E-state index >= 15 is 0 Å². The van der Waals surface area contributed by atoms with Crippen LogP contribution in [0.2, 0.25) is 0 Å². The van der Waals surface area contributed by atoms with Gasteiger partial charge in [0.25, 0.3) is 0 Å². The van der Waals surface area contributed by atoms with Crippen LogP contribution in [0.15, 0.2) is 164 Å². The van der Waals surface area contributed by atoms with Gasteiger partial charge < -0.3 is 36.6 Å². The average Bonchev–Trinajstić information content (AvgIpc) is 0.774. The highest BCUT2D eigenvalue weighted by atomic mass is 32.2. The quantitative estimate of drug-likeness (QED) is 0.0248. The number of ether oxygens (including phenoxy) is 3. The number of carbonyl (C=O) groups excluding carboxylic acids is 3. The summed E-state index contributed by atoms with van der Waals surface area (Å²) in [7, 11) is -22.9. The largest absolute Gasteiger partial charge is 0.744 e. The molecule has 0 unspecified atom stereocenters. The van der Waals surface area contributed by atoms with Gasteiger partial charge in [0.2, 0.25) is 0 Å². The van der Waals surface area contributed by atoms with Crippen molar-refractivity contribution in [2.24, 2.45) is 0 Å². The molecule has 0 aromatic heterocycles. The summed E-state index contributed by atoms with van der Waals surface area (Å²) in [6.07, 6.45) is 19.9. The number of hydrogen-bond acceptors (Lipinski definition) is 21. The third kappa shape index (κ3) is 31.1. The summed E-state index contributed by atoms with van der Waals surface area (Å²) in [6, 6.07) is 39.2. The van der Waals surface area contributed by atoms with Gasteiger partial charge in [0, 0.05) is 0 Å². The Balaban J connectivity index is 0.000000240. The van der Waals surface area contributed by atoms with Gasteiger partial charge in [-0.1, -0.05) is 293 Å². The molecule has 131 heavy (non-hydrogen) atoms. The minimum absolute atomic E-state index is 0.00759. The topological polar surface area (TPSA) is 351 Å². The van der Waals surface area contributed by atoms with E-state index in [9.17, 15) is 74.7 Å². The van der Waals surface area contributed by atoms with E-state index in [0.29, 0.717) is 67.7 Å². The third-order valence-electron chi connectivity index (χ3n) is 24.2. The molecule has 21 nitrogen and oxygen atoms in total. The fraction of sp³-hybridized carbons (Fsp3) is 0.514. The number of benzene rings is 8. The van der Waals surface area contributed by atoms with Gasteiger partial charge in [-0.2, -0.15) is 8.42 Å². The van der Waals surface area contributed by atoms with Crippen LogP contribution in [-0.4, -0.2) is 78.2 Å². The molecule has 0 bridgehead atoms. The maximum atomic E-state index is 13.2. The summed E-state index contributed by atoms with van der Waals surface area (Å²) in [4.78, 5) is 37.8. The van der Waals surface area contributed by atoms with Crippen LogP contribution in [0.4, 0.5) is 0 Å². The van der Waals surface area contributed by atoms with Crippen LogP contribution in [0.25, 0.3) is 0 Å². The summed E-state index contributed by atoms with van der Waals surface area (Å²) < 4.78 is 192. The normalized spacial score (nSPS) is 14.7. The summed E-state index contributed by atoms with van der Waals surface area (Å²) >= 11 is 0. The molecule has 0 amide bonds. The van der Waals surface area contributed by atoms with E-state index in [0.717, 1.165) is 35.1 Å². The number of rotatable bonds is 23. The van der Waals surface area contributed by atoms with Crippen molar-refractivity contribution in [3.63, 3.8) is 0 Å². The zero-order valence-corrected chi connectivity index (χ0v) is 85.6. The fourth-order valence-corrected chi connectivity index (χ4v) is 21.7. The molecule has 0 saturated heterocycles. The Morgan fingerprint density at radius 3 is 0.863 bits per heavy atom. The second kappa shape index (κ2) is 45.7. The second-order valence-corrected chi connectivity index (χ2v) is 47.4. The predicted molar refractivity (Wildman–Crippen MR) is 514 cm³/mol. The van der Waals surface area contributed by atoms with E-state index < -0.39 is 68.5 Å². The summed E-state index contributed by atoms with van der Waals surface area (Å²) in [5, 5.41) is 0. The zero-order chi connectivity index (χ0) is 98.3. The lowest BCUT2D eigenvalue weighted by atomic mass is 9.79. The van der Waals surface area contributed by atoms with E-state index in [1.807, 2.05) is 90.1 Å². The van der Waals surface area contributed by atoms with E-state index in [-0.39, 0.29) is 116 Å². The monoisotopic (exact) mass is 1900 g/mol. The van der Waals surface area contributed by atoms with Crippen LogP contribution in [0.3, 0.4) is 0 Å². The SMILES string of the molecule is CC(C)c1cc(OC(=O)c2cc(C(C)(C)C)cc(C(C)(C)C)c2)cc(C(C)C)c1S(=O)(=O)[O-].CC(C)c1cc(OC(=O)c2ccc(C(C)(C)C)cc2)cc(C(C)C)c1S(=O)(=O)[O-].CC(C)c1cc(OS(=O)(=O)c2ccc(C3CCCCCCCCCCC3)cc2)cc(C(C)C)c1S(=O)(=O)[O-].CC(C)c1cc(S(=O)(=O)[O-])c(C(C)C)cc1OC(=O)c1ccc(C2CCCCC2)cc1. The minimum atomic E-state index is -4.75. The Bertz CT molecular complexity index is 5750. The molecular formula is C105H140O21S5-4. The van der Waals surface area contributed by atoms with Crippen LogP contribution < -0.4 is 18.4 Å². The molecule has 2 aliphatic carbocycles. The van der Waals surface area contributed by atoms with Crippen molar-refractivity contribution in [3.05, 3.63) is 229 Å². The first-order valence-electron chi connectivity index (χ1n) is 46.1. The molecule has 2 fully saturated rings. The third-order valence-corrected chi connectivity index (χ3v) is 29.3. The molecule has 0 radical (unpaired) electrons. The first kappa shape index (κ1) is 110. The Labute approximate surface area is 783 Å². The molecule has 720 valence electrons. The highest BCUT2D eigenvalue weighted by Gasteiger charge is 2.31. The van der Waals surface area contributed by atoms with Gasteiger partial charge in [0.05, 0.1) is 36.3 Å². The van der Waals surface area contributed by atoms with Crippen molar-refractivity contribution in [2.45, 2.75) is 376 Å². The van der Waals surface area contributed by atoms with Crippen LogP contribution >= 0.6 is 0 Å². The summed E-state index contributed by atoms with van der Waals surface area (Å²) in [5.74, 6) is -1.70. The summed E-state index contributed by atoms with van der Waals surface area (Å²) in [6.45, 7) is 47.6. The molecule has 10 rings (SSSR count). The van der Waals surface area contributed by atoms with Crippen LogP contribution in [0.5, 0.6) is 23.0 Å². The number of hydrogen-bond donors (Lipinski definition) is 0. The second-order valence-electron chi connectivity index (χ2n) is 40.6. The van der Waals surface area contributed by atoms with Crippen molar-refractivity contribution in [2.75, 3.05) is 0 Å². The molecule has 2 saturated carbocycles. The van der Waals surface area contributed by atoms with Crippen molar-refractivity contribution in [1.29, 1.82) is 0 Å². The number of carbonyl (C=O) groups is 3. The first-order valence-corrected chi connectivity index (χ1v) is 53.2. The van der Waals surface area contributed by atoms with E-state index in [1.54, 1.807) is 106 Å².